The van der Waals surface area contributed by atoms with Gasteiger partial charge >= 0.3 is 0 Å². The van der Waals surface area contributed by atoms with E-state index >= 15 is 0 Å². The Kier molecular flexibility index (Phi) is 11.4. The Morgan fingerprint density at radius 3 is 2.52 bits per heavy atom. The molecule has 2 aromatic carbocycles. The molecule has 2 rings (SSSR count). The number of ether oxygens (including phenoxy) is 2. The molecule has 1 unspecified atom stereocenters. The van der Waals surface area contributed by atoms with Gasteiger partial charge < -0.3 is 24.8 Å². The number of guanidine groups is 1. The van der Waals surface area contributed by atoms with Crippen LogP contribution in [-0.2, 0) is 0 Å². The number of hydrogen-bond donors (Lipinski definition) is 2. The minimum Gasteiger partial charge on any atom is -0.497 e. The average molecular weight is 517 g/mol. The summed E-state index contributed by atoms with van der Waals surface area (Å²) >= 11 is 0. The van der Waals surface area contributed by atoms with Crippen LogP contribution in [0, 0.1) is 5.82 Å². The highest BCUT2D eigenvalue weighted by Gasteiger charge is 2.11. The minimum atomic E-state index is -0.720. The summed E-state index contributed by atoms with van der Waals surface area (Å²) in [6.07, 6.45) is -0.720. The van der Waals surface area contributed by atoms with Crippen molar-refractivity contribution in [3.05, 3.63) is 59.9 Å². The molecule has 2 N–H and O–H groups in total. The Balaban J connectivity index is 0.00000420. The van der Waals surface area contributed by atoms with Crippen molar-refractivity contribution in [2.24, 2.45) is 4.99 Å². The summed E-state index contributed by atoms with van der Waals surface area (Å²) in [6, 6.07) is 13.6. The van der Waals surface area contributed by atoms with Gasteiger partial charge in [-0.3, -0.25) is 4.99 Å². The van der Waals surface area contributed by atoms with Crippen molar-refractivity contribution in [1.29, 1.82) is 0 Å². The van der Waals surface area contributed by atoms with Crippen LogP contribution in [0.1, 0.15) is 18.6 Å². The van der Waals surface area contributed by atoms with E-state index in [4.69, 9.17) is 9.47 Å². The molecule has 0 spiro atoms. The van der Waals surface area contributed by atoms with E-state index in [1.807, 2.05) is 31.0 Å². The maximum Gasteiger partial charge on any atom is 0.193 e. The number of hydrogen-bond acceptors (Lipinski definition) is 4. The molecule has 0 bridgehead atoms. The predicted molar refractivity (Wildman–Crippen MR) is 124 cm³/mol. The third-order valence-corrected chi connectivity index (χ3v) is 4.13. The minimum absolute atomic E-state index is 0. The molecule has 2 aromatic rings. The van der Waals surface area contributed by atoms with Crippen LogP contribution in [0.25, 0.3) is 0 Å². The van der Waals surface area contributed by atoms with Gasteiger partial charge in [0.1, 0.15) is 12.4 Å². The standard InChI is InChI=1S/C21H28FN3O3.HI/c1-4-23-21(24-15-19(26)16-9-11-17(27-3)12-10-16)25(2)13-14-28-20-8-6-5-7-18(20)22;/h5-12,19,26H,4,13-15H2,1-3H3,(H,23,24);1H. The van der Waals surface area contributed by atoms with Crippen molar-refractivity contribution in [3.63, 3.8) is 0 Å². The number of aliphatic imine (C=N–C) groups is 1. The van der Waals surface area contributed by atoms with E-state index in [0.29, 0.717) is 25.7 Å². The van der Waals surface area contributed by atoms with Crippen molar-refractivity contribution >= 4 is 29.9 Å². The molecule has 0 radical (unpaired) electrons. The lowest BCUT2D eigenvalue weighted by Gasteiger charge is -2.22. The molecule has 0 aliphatic heterocycles. The van der Waals surface area contributed by atoms with Gasteiger partial charge in [-0.05, 0) is 36.8 Å². The maximum atomic E-state index is 13.6. The average Bonchev–Trinajstić information content (AvgIpc) is 2.72. The quantitative estimate of drug-likeness (QED) is 0.303. The van der Waals surface area contributed by atoms with Crippen LogP contribution >= 0.6 is 24.0 Å². The SMILES string of the molecule is CCNC(=NCC(O)c1ccc(OC)cc1)N(C)CCOc1ccccc1F.I. The molecular formula is C21H29FIN3O3. The maximum absolute atomic E-state index is 13.6. The summed E-state index contributed by atoms with van der Waals surface area (Å²) in [4.78, 5) is 6.38. The number of rotatable bonds is 9. The fourth-order valence-electron chi connectivity index (χ4n) is 2.53. The van der Waals surface area contributed by atoms with E-state index in [-0.39, 0.29) is 42.1 Å². The van der Waals surface area contributed by atoms with E-state index < -0.39 is 6.10 Å². The van der Waals surface area contributed by atoms with Gasteiger partial charge in [0, 0.05) is 13.6 Å². The van der Waals surface area contributed by atoms with Crippen molar-refractivity contribution in [3.8, 4) is 11.5 Å². The van der Waals surface area contributed by atoms with Crippen LogP contribution in [0.15, 0.2) is 53.5 Å². The van der Waals surface area contributed by atoms with Gasteiger partial charge in [0.05, 0.1) is 26.3 Å². The van der Waals surface area contributed by atoms with Crippen molar-refractivity contribution in [2.75, 3.05) is 40.4 Å². The van der Waals surface area contributed by atoms with Crippen molar-refractivity contribution in [1.82, 2.24) is 10.2 Å². The third kappa shape index (κ3) is 8.06. The highest BCUT2D eigenvalue weighted by molar-refractivity contribution is 14.0. The zero-order chi connectivity index (χ0) is 20.4. The Hall–Kier alpha value is -2.07. The zero-order valence-electron chi connectivity index (χ0n) is 17.0. The van der Waals surface area contributed by atoms with Crippen LogP contribution in [-0.4, -0.2) is 56.4 Å². The van der Waals surface area contributed by atoms with Crippen molar-refractivity contribution < 1.29 is 19.0 Å². The number of halogens is 2. The summed E-state index contributed by atoms with van der Waals surface area (Å²) in [5, 5.41) is 13.6. The second-order valence-electron chi connectivity index (χ2n) is 6.18. The monoisotopic (exact) mass is 517 g/mol. The van der Waals surface area contributed by atoms with E-state index in [1.54, 1.807) is 37.4 Å². The zero-order valence-corrected chi connectivity index (χ0v) is 19.3. The van der Waals surface area contributed by atoms with Gasteiger partial charge in [0.25, 0.3) is 0 Å². The molecule has 0 saturated carbocycles. The van der Waals surface area contributed by atoms with E-state index in [0.717, 1.165) is 11.3 Å². The molecule has 6 nitrogen and oxygen atoms in total. The Labute approximate surface area is 188 Å². The van der Waals surface area contributed by atoms with Crippen molar-refractivity contribution in [2.45, 2.75) is 13.0 Å². The smallest absolute Gasteiger partial charge is 0.193 e. The van der Waals surface area contributed by atoms with Crippen LogP contribution in [0.2, 0.25) is 0 Å². The lowest BCUT2D eigenvalue weighted by Crippen LogP contribution is -2.41. The topological polar surface area (TPSA) is 66.3 Å². The van der Waals surface area contributed by atoms with Crippen LogP contribution in [0.3, 0.4) is 0 Å². The summed E-state index contributed by atoms with van der Waals surface area (Å²) in [6.45, 7) is 3.70. The van der Waals surface area contributed by atoms with Gasteiger partial charge in [0.2, 0.25) is 0 Å². The molecule has 0 aromatic heterocycles. The third-order valence-electron chi connectivity index (χ3n) is 4.13. The first-order chi connectivity index (χ1) is 13.5. The molecule has 29 heavy (non-hydrogen) atoms. The first-order valence-electron chi connectivity index (χ1n) is 9.24. The van der Waals surface area contributed by atoms with Crippen LogP contribution < -0.4 is 14.8 Å². The van der Waals surface area contributed by atoms with Crippen LogP contribution in [0.5, 0.6) is 11.5 Å². The fraction of sp³-hybridized carbons (Fsp3) is 0.381. The number of para-hydroxylation sites is 1. The first kappa shape index (κ1) is 25.0. The normalized spacial score (nSPS) is 12.0. The highest BCUT2D eigenvalue weighted by Crippen LogP contribution is 2.18. The Bertz CT molecular complexity index is 759. The summed E-state index contributed by atoms with van der Waals surface area (Å²) in [7, 11) is 3.47. The van der Waals surface area contributed by atoms with E-state index in [1.165, 1.54) is 6.07 Å². The fourth-order valence-corrected chi connectivity index (χ4v) is 2.53. The Morgan fingerprint density at radius 1 is 1.21 bits per heavy atom. The van der Waals surface area contributed by atoms with Gasteiger partial charge in [0.15, 0.2) is 17.5 Å². The summed E-state index contributed by atoms with van der Waals surface area (Å²) < 4.78 is 24.2. The highest BCUT2D eigenvalue weighted by atomic mass is 127. The van der Waals surface area contributed by atoms with E-state index in [9.17, 15) is 9.50 Å². The molecule has 0 saturated heterocycles. The van der Waals surface area contributed by atoms with E-state index in [2.05, 4.69) is 10.3 Å². The number of benzene rings is 2. The number of methoxy groups -OCH3 is 1. The molecule has 160 valence electrons. The largest absolute Gasteiger partial charge is 0.497 e. The summed E-state index contributed by atoms with van der Waals surface area (Å²) in [5.74, 6) is 1.23. The Morgan fingerprint density at radius 2 is 1.90 bits per heavy atom. The van der Waals surface area contributed by atoms with Gasteiger partial charge in [-0.15, -0.1) is 24.0 Å². The molecule has 0 amide bonds. The van der Waals surface area contributed by atoms with Gasteiger partial charge in [-0.1, -0.05) is 24.3 Å². The number of nitrogens with one attached hydrogen (secondary N) is 1. The number of likely N-dealkylation sites (N-methyl/N-ethyl adjacent to an activating group) is 1. The molecule has 8 heteroatoms. The molecule has 0 fully saturated rings. The molecule has 0 aliphatic carbocycles. The van der Waals surface area contributed by atoms with Gasteiger partial charge in [-0.25, -0.2) is 4.39 Å². The lowest BCUT2D eigenvalue weighted by atomic mass is 10.1. The van der Waals surface area contributed by atoms with Crippen LogP contribution in [0.4, 0.5) is 4.39 Å². The summed E-state index contributed by atoms with van der Waals surface area (Å²) in [5.41, 5.74) is 0.769. The number of aliphatic hydroxyl groups excluding tert-OH is 1. The molecule has 0 aliphatic rings. The molecule has 0 heterocycles. The molecular weight excluding hydrogens is 488 g/mol. The van der Waals surface area contributed by atoms with Gasteiger partial charge in [-0.2, -0.15) is 0 Å². The lowest BCUT2D eigenvalue weighted by molar-refractivity contribution is 0.186. The number of aliphatic hydroxyl groups is 1. The number of nitrogens with zero attached hydrogens (tertiary/aromatic N) is 2. The second kappa shape index (κ2) is 13.2. The predicted octanol–water partition coefficient (Wildman–Crippen LogP) is 3.46. The first-order valence-corrected chi connectivity index (χ1v) is 9.24. The molecule has 1 atom stereocenters. The second-order valence-corrected chi connectivity index (χ2v) is 6.18.